The predicted octanol–water partition coefficient (Wildman–Crippen LogP) is 4.19. The highest BCUT2D eigenvalue weighted by molar-refractivity contribution is 5.00. The first-order chi connectivity index (χ1) is 5.43. The first kappa shape index (κ1) is 11.5. The molecule has 0 rings (SSSR count). The van der Waals surface area contributed by atoms with Crippen LogP contribution in [0, 0.1) is 11.8 Å². The van der Waals surface area contributed by atoms with E-state index in [-0.39, 0.29) is 0 Å². The summed E-state index contributed by atoms with van der Waals surface area (Å²) in [6.07, 6.45) is 3.48. The largest absolute Gasteiger partial charge is 0.100 e. The molecular formula is C12H22. The van der Waals surface area contributed by atoms with Crippen LogP contribution in [0.4, 0.5) is 0 Å². The van der Waals surface area contributed by atoms with Crippen LogP contribution in [-0.4, -0.2) is 0 Å². The van der Waals surface area contributed by atoms with E-state index in [0.29, 0.717) is 5.92 Å². The zero-order chi connectivity index (χ0) is 9.72. The van der Waals surface area contributed by atoms with Crippen LogP contribution in [0.25, 0.3) is 0 Å². The van der Waals surface area contributed by atoms with Crippen molar-refractivity contribution in [1.29, 1.82) is 0 Å². The molecule has 12 heavy (non-hydrogen) atoms. The van der Waals surface area contributed by atoms with Crippen molar-refractivity contribution >= 4 is 0 Å². The normalized spacial score (nSPS) is 15.1. The SMILES string of the molecule is C=C(C)CC(C)C(C)C=C(C)C. The van der Waals surface area contributed by atoms with Gasteiger partial charge in [-0.3, -0.25) is 0 Å². The Morgan fingerprint density at radius 3 is 2.08 bits per heavy atom. The van der Waals surface area contributed by atoms with E-state index < -0.39 is 0 Å². The summed E-state index contributed by atoms with van der Waals surface area (Å²) in [7, 11) is 0. The van der Waals surface area contributed by atoms with Crippen molar-refractivity contribution < 1.29 is 0 Å². The molecule has 0 heterocycles. The van der Waals surface area contributed by atoms with Gasteiger partial charge in [0, 0.05) is 0 Å². The average molecular weight is 166 g/mol. The molecule has 0 saturated heterocycles. The molecule has 70 valence electrons. The zero-order valence-corrected chi connectivity index (χ0v) is 9.15. The van der Waals surface area contributed by atoms with Crippen molar-refractivity contribution in [3.8, 4) is 0 Å². The zero-order valence-electron chi connectivity index (χ0n) is 9.15. The Morgan fingerprint density at radius 2 is 1.75 bits per heavy atom. The highest BCUT2D eigenvalue weighted by Crippen LogP contribution is 2.20. The van der Waals surface area contributed by atoms with Crippen LogP contribution in [0.2, 0.25) is 0 Å². The third kappa shape index (κ3) is 5.17. The van der Waals surface area contributed by atoms with Gasteiger partial charge in [-0.2, -0.15) is 0 Å². The highest BCUT2D eigenvalue weighted by atomic mass is 14.1. The fourth-order valence-corrected chi connectivity index (χ4v) is 1.43. The topological polar surface area (TPSA) is 0 Å². The number of hydrogen-bond acceptors (Lipinski definition) is 0. The Hall–Kier alpha value is -0.520. The van der Waals surface area contributed by atoms with E-state index in [0.717, 1.165) is 12.3 Å². The van der Waals surface area contributed by atoms with Gasteiger partial charge in [-0.1, -0.05) is 31.1 Å². The van der Waals surface area contributed by atoms with E-state index >= 15 is 0 Å². The molecule has 0 heteroatoms. The maximum atomic E-state index is 3.94. The second-order valence-electron chi connectivity index (χ2n) is 4.24. The molecule has 0 nitrogen and oxygen atoms in total. The van der Waals surface area contributed by atoms with Gasteiger partial charge in [-0.05, 0) is 39.0 Å². The van der Waals surface area contributed by atoms with Crippen molar-refractivity contribution in [1.82, 2.24) is 0 Å². The van der Waals surface area contributed by atoms with E-state index in [2.05, 4.69) is 47.3 Å². The van der Waals surface area contributed by atoms with Crippen LogP contribution < -0.4 is 0 Å². The van der Waals surface area contributed by atoms with Gasteiger partial charge in [-0.15, -0.1) is 6.58 Å². The molecule has 0 aliphatic carbocycles. The van der Waals surface area contributed by atoms with E-state index in [1.807, 2.05) is 0 Å². The molecule has 0 aromatic heterocycles. The summed E-state index contributed by atoms with van der Waals surface area (Å²) in [6.45, 7) is 14.9. The lowest BCUT2D eigenvalue weighted by Gasteiger charge is -2.16. The van der Waals surface area contributed by atoms with Gasteiger partial charge < -0.3 is 0 Å². The fourth-order valence-electron chi connectivity index (χ4n) is 1.43. The molecule has 0 saturated carbocycles. The number of rotatable bonds is 4. The molecular weight excluding hydrogens is 144 g/mol. The molecule has 0 aromatic rings. The fraction of sp³-hybridized carbons (Fsp3) is 0.667. The Bertz CT molecular complexity index is 170. The molecule has 0 fully saturated rings. The molecule has 0 bridgehead atoms. The van der Waals surface area contributed by atoms with Gasteiger partial charge in [0.2, 0.25) is 0 Å². The first-order valence-electron chi connectivity index (χ1n) is 4.73. The standard InChI is InChI=1S/C12H22/c1-9(2)7-11(5)12(6)8-10(3)4/h8,11-12H,1,7H2,2-6H3. The summed E-state index contributed by atoms with van der Waals surface area (Å²) in [5.74, 6) is 1.39. The molecule has 0 radical (unpaired) electrons. The smallest absolute Gasteiger partial charge is 0.0231 e. The minimum atomic E-state index is 0.673. The molecule has 0 aliphatic heterocycles. The average Bonchev–Trinajstić information content (AvgIpc) is 1.84. The van der Waals surface area contributed by atoms with Crippen molar-refractivity contribution in [2.45, 2.75) is 41.0 Å². The van der Waals surface area contributed by atoms with Gasteiger partial charge in [0.05, 0.1) is 0 Å². The monoisotopic (exact) mass is 166 g/mol. The summed E-state index contributed by atoms with van der Waals surface area (Å²) < 4.78 is 0. The minimum absolute atomic E-state index is 0.673. The Morgan fingerprint density at radius 1 is 1.25 bits per heavy atom. The quantitative estimate of drug-likeness (QED) is 0.549. The maximum Gasteiger partial charge on any atom is -0.0231 e. The first-order valence-corrected chi connectivity index (χ1v) is 4.73. The van der Waals surface area contributed by atoms with E-state index in [9.17, 15) is 0 Å². The van der Waals surface area contributed by atoms with Crippen LogP contribution >= 0.6 is 0 Å². The summed E-state index contributed by atoms with van der Waals surface area (Å²) >= 11 is 0. The molecule has 0 spiro atoms. The molecule has 2 atom stereocenters. The van der Waals surface area contributed by atoms with E-state index in [1.165, 1.54) is 11.1 Å². The van der Waals surface area contributed by atoms with Crippen LogP contribution in [0.15, 0.2) is 23.8 Å². The summed E-state index contributed by atoms with van der Waals surface area (Å²) in [4.78, 5) is 0. The lowest BCUT2D eigenvalue weighted by atomic mass is 9.89. The molecule has 0 aromatic carbocycles. The van der Waals surface area contributed by atoms with Gasteiger partial charge in [0.1, 0.15) is 0 Å². The van der Waals surface area contributed by atoms with Gasteiger partial charge >= 0.3 is 0 Å². The second kappa shape index (κ2) is 5.18. The molecule has 0 aliphatic rings. The van der Waals surface area contributed by atoms with Crippen LogP contribution in [0.5, 0.6) is 0 Å². The second-order valence-corrected chi connectivity index (χ2v) is 4.24. The third-order valence-corrected chi connectivity index (χ3v) is 2.16. The van der Waals surface area contributed by atoms with Crippen molar-refractivity contribution in [3.05, 3.63) is 23.8 Å². The molecule has 0 amide bonds. The summed E-state index contributed by atoms with van der Waals surface area (Å²) in [5.41, 5.74) is 2.70. The maximum absolute atomic E-state index is 3.94. The Labute approximate surface area is 77.4 Å². The van der Waals surface area contributed by atoms with Crippen molar-refractivity contribution in [3.63, 3.8) is 0 Å². The lowest BCUT2D eigenvalue weighted by molar-refractivity contribution is 0.455. The predicted molar refractivity (Wildman–Crippen MR) is 57.2 cm³/mol. The molecule has 2 unspecified atom stereocenters. The molecule has 0 N–H and O–H groups in total. The van der Waals surface area contributed by atoms with Gasteiger partial charge in [-0.25, -0.2) is 0 Å². The van der Waals surface area contributed by atoms with Crippen LogP contribution in [0.1, 0.15) is 41.0 Å². The number of allylic oxidation sites excluding steroid dienone is 3. The Balaban J connectivity index is 4.01. The van der Waals surface area contributed by atoms with Gasteiger partial charge in [0.25, 0.3) is 0 Å². The van der Waals surface area contributed by atoms with Crippen molar-refractivity contribution in [2.24, 2.45) is 11.8 Å². The third-order valence-electron chi connectivity index (χ3n) is 2.16. The lowest BCUT2D eigenvalue weighted by Crippen LogP contribution is -2.05. The van der Waals surface area contributed by atoms with Crippen LogP contribution in [0.3, 0.4) is 0 Å². The van der Waals surface area contributed by atoms with Crippen LogP contribution in [-0.2, 0) is 0 Å². The van der Waals surface area contributed by atoms with Crippen molar-refractivity contribution in [2.75, 3.05) is 0 Å². The summed E-state index contributed by atoms with van der Waals surface area (Å²) in [5, 5.41) is 0. The number of hydrogen-bond donors (Lipinski definition) is 0. The summed E-state index contributed by atoms with van der Waals surface area (Å²) in [6, 6.07) is 0. The van der Waals surface area contributed by atoms with E-state index in [1.54, 1.807) is 0 Å². The minimum Gasteiger partial charge on any atom is -0.100 e. The Kier molecular flexibility index (Phi) is 4.96. The highest BCUT2D eigenvalue weighted by Gasteiger charge is 2.08. The van der Waals surface area contributed by atoms with E-state index in [4.69, 9.17) is 0 Å². The van der Waals surface area contributed by atoms with Gasteiger partial charge in [0.15, 0.2) is 0 Å².